The van der Waals surface area contributed by atoms with Gasteiger partial charge in [-0.2, -0.15) is 5.10 Å². The van der Waals surface area contributed by atoms with E-state index in [1.165, 1.54) is 6.21 Å². The zero-order valence-corrected chi connectivity index (χ0v) is 15.7. The molecular formula is C21H25N3O3. The molecule has 0 unspecified atom stereocenters. The van der Waals surface area contributed by atoms with E-state index in [0.29, 0.717) is 12.3 Å². The molecule has 0 aliphatic carbocycles. The second kappa shape index (κ2) is 10.8. The molecule has 0 fully saturated rings. The molecule has 0 radical (unpaired) electrons. The van der Waals surface area contributed by atoms with Crippen LogP contribution in [0, 0.1) is 0 Å². The lowest BCUT2D eigenvalue weighted by atomic mass is 10.1. The highest BCUT2D eigenvalue weighted by Crippen LogP contribution is 2.12. The van der Waals surface area contributed by atoms with Gasteiger partial charge in [0.15, 0.2) is 0 Å². The first-order valence-electron chi connectivity index (χ1n) is 9.08. The first kappa shape index (κ1) is 20.2. The van der Waals surface area contributed by atoms with Gasteiger partial charge in [-0.3, -0.25) is 9.59 Å². The van der Waals surface area contributed by atoms with Crippen molar-refractivity contribution in [3.05, 3.63) is 59.7 Å². The number of hydrazone groups is 1. The minimum absolute atomic E-state index is 0.565. The first-order valence-corrected chi connectivity index (χ1v) is 9.08. The molecule has 0 bridgehead atoms. The van der Waals surface area contributed by atoms with Crippen molar-refractivity contribution in [2.75, 3.05) is 11.9 Å². The normalized spacial score (nSPS) is 10.6. The van der Waals surface area contributed by atoms with Gasteiger partial charge in [0.1, 0.15) is 5.75 Å². The maximum atomic E-state index is 11.9. The Morgan fingerprint density at radius 2 is 1.70 bits per heavy atom. The van der Waals surface area contributed by atoms with Crippen LogP contribution < -0.4 is 15.5 Å². The average molecular weight is 367 g/mol. The third-order valence-corrected chi connectivity index (χ3v) is 3.85. The van der Waals surface area contributed by atoms with Gasteiger partial charge in [-0.15, -0.1) is 0 Å². The highest BCUT2D eigenvalue weighted by Gasteiger charge is 2.12. The van der Waals surface area contributed by atoms with Crippen LogP contribution in [0.25, 0.3) is 0 Å². The molecule has 2 N–H and O–H groups in total. The summed E-state index contributed by atoms with van der Waals surface area (Å²) in [7, 11) is 0. The number of hydrogen-bond acceptors (Lipinski definition) is 4. The number of anilines is 1. The number of carbonyl (C=O) groups is 2. The van der Waals surface area contributed by atoms with Gasteiger partial charge in [0.05, 0.1) is 12.8 Å². The fourth-order valence-electron chi connectivity index (χ4n) is 2.21. The monoisotopic (exact) mass is 367 g/mol. The number of benzene rings is 2. The lowest BCUT2D eigenvalue weighted by molar-refractivity contribution is -0.136. The van der Waals surface area contributed by atoms with Crippen molar-refractivity contribution < 1.29 is 14.3 Å². The van der Waals surface area contributed by atoms with Crippen molar-refractivity contribution in [3.8, 4) is 5.75 Å². The summed E-state index contributed by atoms with van der Waals surface area (Å²) >= 11 is 0. The zero-order chi connectivity index (χ0) is 19.5. The minimum atomic E-state index is -0.828. The molecule has 6 nitrogen and oxygen atoms in total. The molecule has 2 rings (SSSR count). The van der Waals surface area contributed by atoms with Gasteiger partial charge in [-0.05, 0) is 60.4 Å². The second-order valence-corrected chi connectivity index (χ2v) is 5.97. The van der Waals surface area contributed by atoms with E-state index in [4.69, 9.17) is 4.74 Å². The minimum Gasteiger partial charge on any atom is -0.494 e. The van der Waals surface area contributed by atoms with Crippen LogP contribution in [-0.4, -0.2) is 24.6 Å². The molecule has 2 aromatic carbocycles. The topological polar surface area (TPSA) is 79.8 Å². The van der Waals surface area contributed by atoms with E-state index in [1.807, 2.05) is 43.3 Å². The number of aryl methyl sites for hydroxylation is 1. The van der Waals surface area contributed by atoms with E-state index in [1.54, 1.807) is 12.1 Å². The van der Waals surface area contributed by atoms with Gasteiger partial charge < -0.3 is 10.1 Å². The molecule has 0 aliphatic rings. The molecule has 142 valence electrons. The molecule has 2 aromatic rings. The summed E-state index contributed by atoms with van der Waals surface area (Å²) in [5, 5.41) is 6.34. The highest BCUT2D eigenvalue weighted by molar-refractivity contribution is 6.39. The Labute approximate surface area is 159 Å². The van der Waals surface area contributed by atoms with Crippen molar-refractivity contribution in [1.82, 2.24) is 5.43 Å². The summed E-state index contributed by atoms with van der Waals surface area (Å²) in [4.78, 5) is 23.7. The second-order valence-electron chi connectivity index (χ2n) is 5.97. The number of carbonyl (C=O) groups excluding carboxylic acids is 2. The van der Waals surface area contributed by atoms with Gasteiger partial charge in [0.2, 0.25) is 0 Å². The predicted molar refractivity (Wildman–Crippen MR) is 107 cm³/mol. The van der Waals surface area contributed by atoms with Gasteiger partial charge >= 0.3 is 11.8 Å². The summed E-state index contributed by atoms with van der Waals surface area (Å²) in [5.41, 5.74) is 4.72. The molecule has 2 amide bonds. The van der Waals surface area contributed by atoms with E-state index in [0.717, 1.165) is 36.1 Å². The van der Waals surface area contributed by atoms with Crippen LogP contribution in [0.1, 0.15) is 37.8 Å². The molecule has 0 aromatic heterocycles. The summed E-state index contributed by atoms with van der Waals surface area (Å²) < 4.78 is 5.58. The molecule has 0 atom stereocenters. The highest BCUT2D eigenvalue weighted by atomic mass is 16.5. The fourth-order valence-corrected chi connectivity index (χ4v) is 2.21. The number of unbranched alkanes of at least 4 members (excludes halogenated alkanes) is 1. The fraction of sp³-hybridized carbons (Fsp3) is 0.286. The van der Waals surface area contributed by atoms with Gasteiger partial charge in [-0.1, -0.05) is 32.4 Å². The quantitative estimate of drug-likeness (QED) is 0.324. The third kappa shape index (κ3) is 6.93. The maximum Gasteiger partial charge on any atom is 0.329 e. The van der Waals surface area contributed by atoms with Crippen LogP contribution in [0.3, 0.4) is 0 Å². The largest absolute Gasteiger partial charge is 0.494 e. The third-order valence-electron chi connectivity index (χ3n) is 3.85. The number of hydrogen-bond donors (Lipinski definition) is 2. The molecule has 0 heterocycles. The Morgan fingerprint density at radius 3 is 2.33 bits per heavy atom. The maximum absolute atomic E-state index is 11.9. The van der Waals surface area contributed by atoms with E-state index in [2.05, 4.69) is 22.8 Å². The molecule has 0 saturated carbocycles. The number of nitrogens with zero attached hydrogens (tertiary/aromatic N) is 1. The first-order chi connectivity index (χ1) is 13.1. The van der Waals surface area contributed by atoms with E-state index >= 15 is 0 Å². The summed E-state index contributed by atoms with van der Waals surface area (Å²) in [6, 6.07) is 14.7. The van der Waals surface area contributed by atoms with Crippen LogP contribution in [0.2, 0.25) is 0 Å². The summed E-state index contributed by atoms with van der Waals surface area (Å²) in [6.45, 7) is 4.85. The molecule has 0 spiro atoms. The van der Waals surface area contributed by atoms with E-state index < -0.39 is 11.8 Å². The summed E-state index contributed by atoms with van der Waals surface area (Å²) in [5.74, 6) is -0.806. The lowest BCUT2D eigenvalue weighted by Gasteiger charge is -2.05. The Balaban J connectivity index is 1.80. The van der Waals surface area contributed by atoms with Gasteiger partial charge in [-0.25, -0.2) is 5.43 Å². The number of nitrogens with one attached hydrogen (secondary N) is 2. The van der Waals surface area contributed by atoms with Crippen molar-refractivity contribution in [2.45, 2.75) is 33.1 Å². The van der Waals surface area contributed by atoms with Gasteiger partial charge in [0.25, 0.3) is 0 Å². The Bertz CT molecular complexity index is 768. The standard InChI is InChI=1S/C21H25N3O3/c1-3-5-14-27-19-12-8-17(9-13-19)15-22-24-21(26)20(25)23-18-10-6-16(4-2)7-11-18/h6-13,15H,3-5,14H2,1-2H3,(H,23,25)(H,24,26)/b22-15+. The number of ether oxygens (including phenoxy) is 1. The van der Waals surface area contributed by atoms with Crippen LogP contribution in [-0.2, 0) is 16.0 Å². The van der Waals surface area contributed by atoms with Crippen LogP contribution in [0.5, 0.6) is 5.75 Å². The zero-order valence-electron chi connectivity index (χ0n) is 15.7. The SMILES string of the molecule is CCCCOc1ccc(/C=N/NC(=O)C(=O)Nc2ccc(CC)cc2)cc1. The van der Waals surface area contributed by atoms with Crippen molar-refractivity contribution in [2.24, 2.45) is 5.10 Å². The van der Waals surface area contributed by atoms with Crippen molar-refractivity contribution in [1.29, 1.82) is 0 Å². The van der Waals surface area contributed by atoms with Crippen LogP contribution in [0.4, 0.5) is 5.69 Å². The van der Waals surface area contributed by atoms with Crippen molar-refractivity contribution >= 4 is 23.7 Å². The number of amides is 2. The van der Waals surface area contributed by atoms with Crippen LogP contribution >= 0.6 is 0 Å². The Kier molecular flexibility index (Phi) is 8.03. The van der Waals surface area contributed by atoms with E-state index in [-0.39, 0.29) is 0 Å². The van der Waals surface area contributed by atoms with Gasteiger partial charge in [0, 0.05) is 5.69 Å². The Hall–Kier alpha value is -3.15. The molecule has 27 heavy (non-hydrogen) atoms. The summed E-state index contributed by atoms with van der Waals surface area (Å²) in [6.07, 6.45) is 4.48. The average Bonchev–Trinajstić information content (AvgIpc) is 2.70. The predicted octanol–water partition coefficient (Wildman–Crippen LogP) is 3.52. The molecule has 0 aliphatic heterocycles. The molecule has 0 saturated heterocycles. The Morgan fingerprint density at radius 1 is 1.00 bits per heavy atom. The molecule has 6 heteroatoms. The molecular weight excluding hydrogens is 342 g/mol. The lowest BCUT2D eigenvalue weighted by Crippen LogP contribution is -2.32. The smallest absolute Gasteiger partial charge is 0.329 e. The number of rotatable bonds is 8. The van der Waals surface area contributed by atoms with Crippen LogP contribution in [0.15, 0.2) is 53.6 Å². The van der Waals surface area contributed by atoms with Crippen molar-refractivity contribution in [3.63, 3.8) is 0 Å². The van der Waals surface area contributed by atoms with E-state index in [9.17, 15) is 9.59 Å².